The molecule has 0 N–H and O–H groups in total. The second-order valence-corrected chi connectivity index (χ2v) is 8.92. The van der Waals surface area contributed by atoms with Gasteiger partial charge < -0.3 is 9.47 Å². The van der Waals surface area contributed by atoms with Crippen molar-refractivity contribution in [2.24, 2.45) is 0 Å². The van der Waals surface area contributed by atoms with E-state index in [9.17, 15) is 14.4 Å². The molecule has 0 atom stereocenters. The van der Waals surface area contributed by atoms with Crippen LogP contribution in [0.15, 0.2) is 35.2 Å². The Hall–Kier alpha value is -2.51. The molecule has 30 heavy (non-hydrogen) atoms. The van der Waals surface area contributed by atoms with Crippen LogP contribution in [-0.2, 0) is 9.59 Å². The van der Waals surface area contributed by atoms with E-state index in [0.29, 0.717) is 23.0 Å². The predicted octanol–water partition coefficient (Wildman–Crippen LogP) is 4.41. The fourth-order valence-corrected chi connectivity index (χ4v) is 4.86. The second kappa shape index (κ2) is 8.32. The Bertz CT molecular complexity index is 1050. The minimum atomic E-state index is -0.408. The van der Waals surface area contributed by atoms with Gasteiger partial charge in [-0.15, -0.1) is 0 Å². The van der Waals surface area contributed by atoms with Crippen molar-refractivity contribution in [1.29, 1.82) is 0 Å². The molecular formula is C22H22ClN3O3S. The van der Waals surface area contributed by atoms with Gasteiger partial charge in [0.1, 0.15) is 6.54 Å². The number of amides is 3. The van der Waals surface area contributed by atoms with E-state index in [-0.39, 0.29) is 12.5 Å². The lowest BCUT2D eigenvalue weighted by Gasteiger charge is -2.18. The lowest BCUT2D eigenvalue weighted by Crippen LogP contribution is -2.40. The third kappa shape index (κ3) is 3.91. The zero-order chi connectivity index (χ0) is 21.4. The molecule has 8 heteroatoms. The Morgan fingerprint density at radius 1 is 1.13 bits per heavy atom. The Balaban J connectivity index is 1.57. The van der Waals surface area contributed by atoms with E-state index in [2.05, 4.69) is 4.57 Å². The van der Waals surface area contributed by atoms with Gasteiger partial charge in [0.15, 0.2) is 0 Å². The highest BCUT2D eigenvalue weighted by Crippen LogP contribution is 2.34. The third-order valence-electron chi connectivity index (χ3n) is 5.47. The van der Waals surface area contributed by atoms with Gasteiger partial charge in [-0.3, -0.25) is 19.3 Å². The van der Waals surface area contributed by atoms with Gasteiger partial charge in [-0.25, -0.2) is 0 Å². The molecule has 2 aromatic rings. The van der Waals surface area contributed by atoms with Gasteiger partial charge >= 0.3 is 0 Å². The molecule has 0 bridgehead atoms. The van der Waals surface area contributed by atoms with Gasteiger partial charge in [-0.05, 0) is 80.4 Å². The molecule has 0 radical (unpaired) electrons. The maximum absolute atomic E-state index is 12.8. The van der Waals surface area contributed by atoms with Crippen LogP contribution >= 0.6 is 23.4 Å². The van der Waals surface area contributed by atoms with Gasteiger partial charge in [0.05, 0.1) is 4.91 Å². The van der Waals surface area contributed by atoms with Crippen LogP contribution in [0, 0.1) is 13.8 Å². The quantitative estimate of drug-likeness (QED) is 0.657. The lowest BCUT2D eigenvalue weighted by molar-refractivity contribution is -0.135. The minimum Gasteiger partial charge on any atom is -0.341 e. The van der Waals surface area contributed by atoms with E-state index < -0.39 is 11.1 Å². The molecule has 0 saturated carbocycles. The Morgan fingerprint density at radius 2 is 1.80 bits per heavy atom. The van der Waals surface area contributed by atoms with Crippen molar-refractivity contribution in [1.82, 2.24) is 14.4 Å². The van der Waals surface area contributed by atoms with E-state index in [1.165, 1.54) is 0 Å². The summed E-state index contributed by atoms with van der Waals surface area (Å²) in [4.78, 5) is 40.7. The van der Waals surface area contributed by atoms with Crippen molar-refractivity contribution in [2.75, 3.05) is 19.6 Å². The highest BCUT2D eigenvalue weighted by Gasteiger charge is 2.37. The first kappa shape index (κ1) is 20.8. The lowest BCUT2D eigenvalue weighted by atomic mass is 10.2. The number of benzene rings is 1. The van der Waals surface area contributed by atoms with Crippen molar-refractivity contribution in [2.45, 2.75) is 26.7 Å². The molecule has 2 fully saturated rings. The zero-order valence-electron chi connectivity index (χ0n) is 16.9. The summed E-state index contributed by atoms with van der Waals surface area (Å²) in [6.45, 7) is 5.16. The van der Waals surface area contributed by atoms with Crippen molar-refractivity contribution in [3.8, 4) is 5.69 Å². The van der Waals surface area contributed by atoms with Crippen LogP contribution in [0.3, 0.4) is 0 Å². The number of imide groups is 1. The maximum atomic E-state index is 12.8. The van der Waals surface area contributed by atoms with Crippen molar-refractivity contribution in [3.05, 3.63) is 57.2 Å². The van der Waals surface area contributed by atoms with Crippen LogP contribution in [-0.4, -0.2) is 51.1 Å². The monoisotopic (exact) mass is 443 g/mol. The molecule has 2 aliphatic heterocycles. The average Bonchev–Trinajstić information content (AvgIpc) is 3.40. The number of aromatic nitrogens is 1. The van der Waals surface area contributed by atoms with Gasteiger partial charge in [-0.2, -0.15) is 0 Å². The molecule has 0 spiro atoms. The standard InChI is InChI=1S/C22H22ClN3O3S/c1-14-11-16(15(2)26(14)18-7-5-17(23)6-8-18)12-19-21(28)25(22(29)30-19)13-20(27)24-9-3-4-10-24/h5-8,11-12H,3-4,9-10,13H2,1-2H3/b19-12+. The second-order valence-electron chi connectivity index (χ2n) is 7.49. The zero-order valence-corrected chi connectivity index (χ0v) is 18.4. The fourth-order valence-electron chi connectivity index (χ4n) is 3.90. The summed E-state index contributed by atoms with van der Waals surface area (Å²) in [5, 5.41) is 0.267. The van der Waals surface area contributed by atoms with Gasteiger partial charge in [0.2, 0.25) is 5.91 Å². The van der Waals surface area contributed by atoms with E-state index in [1.54, 1.807) is 11.0 Å². The summed E-state index contributed by atoms with van der Waals surface area (Å²) in [5.41, 5.74) is 3.79. The van der Waals surface area contributed by atoms with Crippen LogP contribution in [0.1, 0.15) is 29.8 Å². The molecule has 1 aromatic carbocycles. The molecule has 3 amide bonds. The van der Waals surface area contributed by atoms with Crippen molar-refractivity contribution >= 4 is 46.5 Å². The van der Waals surface area contributed by atoms with Gasteiger partial charge in [-0.1, -0.05) is 11.6 Å². The van der Waals surface area contributed by atoms with Gasteiger partial charge in [0, 0.05) is 35.2 Å². The Kier molecular flexibility index (Phi) is 5.75. The molecular weight excluding hydrogens is 422 g/mol. The summed E-state index contributed by atoms with van der Waals surface area (Å²) < 4.78 is 2.07. The Morgan fingerprint density at radius 3 is 2.47 bits per heavy atom. The molecule has 2 saturated heterocycles. The van der Waals surface area contributed by atoms with Crippen molar-refractivity contribution in [3.63, 3.8) is 0 Å². The van der Waals surface area contributed by atoms with E-state index in [4.69, 9.17) is 11.6 Å². The number of rotatable bonds is 4. The van der Waals surface area contributed by atoms with Crippen molar-refractivity contribution < 1.29 is 14.4 Å². The first-order valence-electron chi connectivity index (χ1n) is 9.83. The molecule has 2 aliphatic rings. The number of thioether (sulfide) groups is 1. The van der Waals surface area contributed by atoms with Crippen LogP contribution < -0.4 is 0 Å². The molecule has 156 valence electrons. The summed E-state index contributed by atoms with van der Waals surface area (Å²) in [6, 6.07) is 9.51. The summed E-state index contributed by atoms with van der Waals surface area (Å²) >= 11 is 6.88. The van der Waals surface area contributed by atoms with Crippen LogP contribution in [0.2, 0.25) is 5.02 Å². The number of hydrogen-bond acceptors (Lipinski definition) is 4. The number of halogens is 1. The average molecular weight is 444 g/mol. The van der Waals surface area contributed by atoms with E-state index in [0.717, 1.165) is 52.1 Å². The van der Waals surface area contributed by atoms with Gasteiger partial charge in [0.25, 0.3) is 11.1 Å². The number of carbonyl (C=O) groups excluding carboxylic acids is 3. The minimum absolute atomic E-state index is 0.169. The molecule has 3 heterocycles. The first-order valence-corrected chi connectivity index (χ1v) is 11.0. The normalized spacial score (nSPS) is 18.2. The highest BCUT2D eigenvalue weighted by molar-refractivity contribution is 8.18. The molecule has 0 unspecified atom stereocenters. The van der Waals surface area contributed by atoms with E-state index >= 15 is 0 Å². The number of aryl methyl sites for hydroxylation is 1. The number of nitrogens with zero attached hydrogens (tertiary/aromatic N) is 3. The number of likely N-dealkylation sites (tertiary alicyclic amines) is 1. The molecule has 6 nitrogen and oxygen atoms in total. The summed E-state index contributed by atoms with van der Waals surface area (Å²) in [7, 11) is 0. The third-order valence-corrected chi connectivity index (χ3v) is 6.63. The Labute approximate surface area is 184 Å². The van der Waals surface area contributed by atoms with Crippen LogP contribution in [0.4, 0.5) is 4.79 Å². The van der Waals surface area contributed by atoms with E-state index in [1.807, 2.05) is 44.2 Å². The summed E-state index contributed by atoms with van der Waals surface area (Å²) in [5.74, 6) is -0.578. The molecule has 0 aliphatic carbocycles. The predicted molar refractivity (Wildman–Crippen MR) is 119 cm³/mol. The fraction of sp³-hybridized carbons (Fsp3) is 0.318. The molecule has 1 aromatic heterocycles. The van der Waals surface area contributed by atoms with Crippen LogP contribution in [0.5, 0.6) is 0 Å². The summed E-state index contributed by atoms with van der Waals surface area (Å²) in [6.07, 6.45) is 3.67. The number of hydrogen-bond donors (Lipinski definition) is 0. The topological polar surface area (TPSA) is 62.6 Å². The highest BCUT2D eigenvalue weighted by atomic mass is 35.5. The number of carbonyl (C=O) groups is 3. The SMILES string of the molecule is Cc1cc(/C=C2/SC(=O)N(CC(=O)N3CCCC3)C2=O)c(C)n1-c1ccc(Cl)cc1. The smallest absolute Gasteiger partial charge is 0.294 e. The largest absolute Gasteiger partial charge is 0.341 e. The van der Waals surface area contributed by atoms with Crippen LogP contribution in [0.25, 0.3) is 11.8 Å². The maximum Gasteiger partial charge on any atom is 0.294 e. The molecule has 4 rings (SSSR count). The first-order chi connectivity index (χ1) is 14.3.